The number of rotatable bonds is 4. The summed E-state index contributed by atoms with van der Waals surface area (Å²) in [4.78, 5) is 2.72. The van der Waals surface area contributed by atoms with Crippen molar-refractivity contribution >= 4 is 12.6 Å². The summed E-state index contributed by atoms with van der Waals surface area (Å²) in [6.45, 7) is 4.98. The molecule has 2 heteroatoms. The standard InChI is InChI=1S/C11H21NS/c1-2-9(8-13)6-12-7-10-3-4-11(12)5-10/h9-11,13H,2-8H2,1H3. The first-order valence-corrected chi connectivity index (χ1v) is 6.31. The van der Waals surface area contributed by atoms with Crippen LogP contribution in [0.2, 0.25) is 0 Å². The first-order valence-electron chi connectivity index (χ1n) is 5.68. The molecular weight excluding hydrogens is 178 g/mol. The molecule has 0 aromatic heterocycles. The summed E-state index contributed by atoms with van der Waals surface area (Å²) >= 11 is 4.41. The summed E-state index contributed by atoms with van der Waals surface area (Å²) < 4.78 is 0. The molecule has 1 saturated heterocycles. The summed E-state index contributed by atoms with van der Waals surface area (Å²) in [5, 5.41) is 0. The third-order valence-electron chi connectivity index (χ3n) is 3.85. The van der Waals surface area contributed by atoms with Crippen molar-refractivity contribution < 1.29 is 0 Å². The zero-order valence-electron chi connectivity index (χ0n) is 8.58. The van der Waals surface area contributed by atoms with E-state index in [0.717, 1.165) is 23.6 Å². The van der Waals surface area contributed by atoms with Crippen LogP contribution in [-0.2, 0) is 0 Å². The number of piperidine rings is 1. The number of hydrogen-bond donors (Lipinski definition) is 1. The molecule has 13 heavy (non-hydrogen) atoms. The van der Waals surface area contributed by atoms with Crippen LogP contribution in [0.4, 0.5) is 0 Å². The van der Waals surface area contributed by atoms with Gasteiger partial charge in [-0.15, -0.1) is 0 Å². The van der Waals surface area contributed by atoms with Crippen molar-refractivity contribution in [3.05, 3.63) is 0 Å². The fourth-order valence-corrected chi connectivity index (χ4v) is 3.27. The van der Waals surface area contributed by atoms with Crippen molar-refractivity contribution in [3.8, 4) is 0 Å². The molecule has 0 N–H and O–H groups in total. The molecule has 0 aromatic carbocycles. The second-order valence-corrected chi connectivity index (χ2v) is 5.11. The molecule has 2 bridgehead atoms. The van der Waals surface area contributed by atoms with Gasteiger partial charge in [0.2, 0.25) is 0 Å². The molecule has 1 nitrogen and oxygen atoms in total. The molecule has 1 aliphatic carbocycles. The molecule has 2 rings (SSSR count). The van der Waals surface area contributed by atoms with Crippen LogP contribution in [0.1, 0.15) is 32.6 Å². The van der Waals surface area contributed by atoms with Crippen molar-refractivity contribution in [2.45, 2.75) is 38.6 Å². The van der Waals surface area contributed by atoms with Crippen molar-refractivity contribution in [2.75, 3.05) is 18.8 Å². The Morgan fingerprint density at radius 1 is 1.46 bits per heavy atom. The lowest BCUT2D eigenvalue weighted by atomic mass is 10.1. The maximum atomic E-state index is 4.41. The maximum Gasteiger partial charge on any atom is 0.00987 e. The lowest BCUT2D eigenvalue weighted by Crippen LogP contribution is -2.36. The molecule has 1 heterocycles. The average Bonchev–Trinajstić information content (AvgIpc) is 2.75. The summed E-state index contributed by atoms with van der Waals surface area (Å²) in [5.74, 6) is 2.93. The summed E-state index contributed by atoms with van der Waals surface area (Å²) in [5.41, 5.74) is 0. The Labute approximate surface area is 87.3 Å². The Balaban J connectivity index is 1.82. The highest BCUT2D eigenvalue weighted by molar-refractivity contribution is 7.80. The number of fused-ring (bicyclic) bond motifs is 2. The SMILES string of the molecule is CCC(CS)CN1CC2CCC1C2. The van der Waals surface area contributed by atoms with E-state index in [1.807, 2.05) is 0 Å². The Morgan fingerprint density at radius 2 is 2.31 bits per heavy atom. The molecule has 0 aromatic rings. The van der Waals surface area contributed by atoms with E-state index in [-0.39, 0.29) is 0 Å². The van der Waals surface area contributed by atoms with E-state index in [0.29, 0.717) is 0 Å². The average molecular weight is 199 g/mol. The van der Waals surface area contributed by atoms with E-state index in [9.17, 15) is 0 Å². The maximum absolute atomic E-state index is 4.41. The largest absolute Gasteiger partial charge is 0.300 e. The lowest BCUT2D eigenvalue weighted by molar-refractivity contribution is 0.186. The molecule has 0 radical (unpaired) electrons. The van der Waals surface area contributed by atoms with E-state index in [1.165, 1.54) is 38.8 Å². The Morgan fingerprint density at radius 3 is 2.77 bits per heavy atom. The van der Waals surface area contributed by atoms with Gasteiger partial charge >= 0.3 is 0 Å². The first-order chi connectivity index (χ1) is 6.33. The summed E-state index contributed by atoms with van der Waals surface area (Å²) in [6.07, 6.45) is 5.74. The molecule has 1 saturated carbocycles. The van der Waals surface area contributed by atoms with E-state index >= 15 is 0 Å². The van der Waals surface area contributed by atoms with E-state index in [2.05, 4.69) is 24.5 Å². The predicted octanol–water partition coefficient (Wildman–Crippen LogP) is 2.43. The smallest absolute Gasteiger partial charge is 0.00987 e. The van der Waals surface area contributed by atoms with Gasteiger partial charge < -0.3 is 0 Å². The molecule has 2 fully saturated rings. The van der Waals surface area contributed by atoms with Crippen LogP contribution in [0.15, 0.2) is 0 Å². The quantitative estimate of drug-likeness (QED) is 0.681. The predicted molar refractivity (Wildman–Crippen MR) is 60.3 cm³/mol. The summed E-state index contributed by atoms with van der Waals surface area (Å²) in [7, 11) is 0. The van der Waals surface area contributed by atoms with Gasteiger partial charge in [0.05, 0.1) is 0 Å². The third kappa shape index (κ3) is 2.04. The van der Waals surface area contributed by atoms with Gasteiger partial charge in [0.15, 0.2) is 0 Å². The van der Waals surface area contributed by atoms with Crippen molar-refractivity contribution in [1.82, 2.24) is 4.90 Å². The monoisotopic (exact) mass is 199 g/mol. The van der Waals surface area contributed by atoms with Gasteiger partial charge in [-0.05, 0) is 36.9 Å². The van der Waals surface area contributed by atoms with Crippen LogP contribution >= 0.6 is 12.6 Å². The minimum absolute atomic E-state index is 0.822. The van der Waals surface area contributed by atoms with Crippen LogP contribution in [0, 0.1) is 11.8 Å². The number of hydrogen-bond acceptors (Lipinski definition) is 2. The molecule has 0 amide bonds. The van der Waals surface area contributed by atoms with Crippen LogP contribution in [0.5, 0.6) is 0 Å². The Bertz CT molecular complexity index is 167. The van der Waals surface area contributed by atoms with Gasteiger partial charge in [-0.25, -0.2) is 0 Å². The van der Waals surface area contributed by atoms with Gasteiger partial charge in [-0.3, -0.25) is 4.90 Å². The van der Waals surface area contributed by atoms with Gasteiger partial charge in [-0.2, -0.15) is 12.6 Å². The van der Waals surface area contributed by atoms with E-state index in [4.69, 9.17) is 0 Å². The Hall–Kier alpha value is 0.310. The third-order valence-corrected chi connectivity index (χ3v) is 4.37. The van der Waals surface area contributed by atoms with Gasteiger partial charge in [0.25, 0.3) is 0 Å². The number of nitrogens with zero attached hydrogens (tertiary/aromatic N) is 1. The van der Waals surface area contributed by atoms with Gasteiger partial charge in [0, 0.05) is 19.1 Å². The number of thiol groups is 1. The van der Waals surface area contributed by atoms with Gasteiger partial charge in [-0.1, -0.05) is 13.3 Å². The van der Waals surface area contributed by atoms with Crippen LogP contribution in [-0.4, -0.2) is 29.8 Å². The van der Waals surface area contributed by atoms with Gasteiger partial charge in [0.1, 0.15) is 0 Å². The second-order valence-electron chi connectivity index (χ2n) is 4.74. The Kier molecular flexibility index (Phi) is 3.20. The van der Waals surface area contributed by atoms with Crippen LogP contribution < -0.4 is 0 Å². The minimum Gasteiger partial charge on any atom is -0.300 e. The van der Waals surface area contributed by atoms with Crippen molar-refractivity contribution in [2.24, 2.45) is 11.8 Å². The normalized spacial score (nSPS) is 35.5. The number of likely N-dealkylation sites (tertiary alicyclic amines) is 1. The fourth-order valence-electron chi connectivity index (χ4n) is 2.90. The van der Waals surface area contributed by atoms with Crippen molar-refractivity contribution in [1.29, 1.82) is 0 Å². The first kappa shape index (κ1) is 9.85. The van der Waals surface area contributed by atoms with Crippen LogP contribution in [0.25, 0.3) is 0 Å². The molecule has 0 spiro atoms. The zero-order valence-corrected chi connectivity index (χ0v) is 9.47. The zero-order chi connectivity index (χ0) is 9.26. The highest BCUT2D eigenvalue weighted by Gasteiger charge is 2.37. The fraction of sp³-hybridized carbons (Fsp3) is 1.00. The molecule has 2 aliphatic rings. The van der Waals surface area contributed by atoms with E-state index < -0.39 is 0 Å². The van der Waals surface area contributed by atoms with Crippen molar-refractivity contribution in [3.63, 3.8) is 0 Å². The molecular formula is C11H21NS. The highest BCUT2D eigenvalue weighted by Crippen LogP contribution is 2.37. The molecule has 1 aliphatic heterocycles. The molecule has 3 unspecified atom stereocenters. The second kappa shape index (κ2) is 4.22. The van der Waals surface area contributed by atoms with E-state index in [1.54, 1.807) is 0 Å². The summed E-state index contributed by atoms with van der Waals surface area (Å²) in [6, 6.07) is 0.943. The lowest BCUT2D eigenvalue weighted by Gasteiger charge is -2.29. The molecule has 76 valence electrons. The minimum atomic E-state index is 0.822. The topological polar surface area (TPSA) is 3.24 Å². The van der Waals surface area contributed by atoms with Crippen LogP contribution in [0.3, 0.4) is 0 Å². The molecule has 3 atom stereocenters. The highest BCUT2D eigenvalue weighted by atomic mass is 32.1.